The van der Waals surface area contributed by atoms with Crippen molar-refractivity contribution in [3.8, 4) is 11.1 Å². The molecule has 1 amide bonds. The van der Waals surface area contributed by atoms with Crippen molar-refractivity contribution in [2.24, 2.45) is 0 Å². The summed E-state index contributed by atoms with van der Waals surface area (Å²) >= 11 is 0. The Kier molecular flexibility index (Phi) is 5.26. The number of nitrogen functional groups attached to an aromatic ring is 1. The average Bonchev–Trinajstić information content (AvgIpc) is 2.64. The maximum absolute atomic E-state index is 12.4. The quantitative estimate of drug-likeness (QED) is 0.428. The summed E-state index contributed by atoms with van der Waals surface area (Å²) in [6.07, 6.45) is 0.780. The Morgan fingerprint density at radius 2 is 1.69 bits per heavy atom. The van der Waals surface area contributed by atoms with Crippen molar-refractivity contribution in [1.29, 1.82) is 0 Å². The topological polar surface area (TPSA) is 113 Å². The molecule has 0 saturated carbocycles. The van der Waals surface area contributed by atoms with Gasteiger partial charge in [0.25, 0.3) is 5.91 Å². The van der Waals surface area contributed by atoms with Crippen LogP contribution in [0, 0.1) is 0 Å². The van der Waals surface area contributed by atoms with Crippen molar-refractivity contribution in [2.45, 2.75) is 25.4 Å². The number of anilines is 1. The van der Waals surface area contributed by atoms with Crippen LogP contribution in [-0.4, -0.2) is 35.6 Å². The first kappa shape index (κ1) is 18.4. The van der Waals surface area contributed by atoms with Crippen LogP contribution < -0.4 is 11.2 Å². The molecule has 0 radical (unpaired) electrons. The number of rotatable bonds is 4. The van der Waals surface area contributed by atoms with E-state index in [1.54, 1.807) is 5.48 Å². The molecule has 138 valence electrons. The van der Waals surface area contributed by atoms with Crippen LogP contribution in [0.15, 0.2) is 48.5 Å². The summed E-state index contributed by atoms with van der Waals surface area (Å²) in [4.78, 5) is 11.8. The predicted molar refractivity (Wildman–Crippen MR) is 98.6 cm³/mol. The summed E-state index contributed by atoms with van der Waals surface area (Å²) < 4.78 is 25.9. The zero-order valence-electron chi connectivity index (χ0n) is 14.1. The number of hydroxylamine groups is 1. The fourth-order valence-electron chi connectivity index (χ4n) is 3.12. The van der Waals surface area contributed by atoms with Gasteiger partial charge in [-0.25, -0.2) is 13.9 Å². The first-order valence-corrected chi connectivity index (χ1v) is 9.90. The van der Waals surface area contributed by atoms with Gasteiger partial charge in [0, 0.05) is 12.2 Å². The van der Waals surface area contributed by atoms with E-state index in [9.17, 15) is 13.2 Å². The van der Waals surface area contributed by atoms with Crippen molar-refractivity contribution >= 4 is 21.6 Å². The monoisotopic (exact) mass is 375 g/mol. The van der Waals surface area contributed by atoms with Gasteiger partial charge in [0.1, 0.15) is 6.04 Å². The molecule has 1 atom stereocenters. The van der Waals surface area contributed by atoms with Crippen LogP contribution in [0.3, 0.4) is 0 Å². The molecular formula is C18H21N3O4S. The molecule has 1 aliphatic rings. The van der Waals surface area contributed by atoms with Crippen molar-refractivity contribution in [2.75, 3.05) is 11.5 Å². The Hall–Kier alpha value is -2.42. The molecule has 0 aliphatic carbocycles. The fourth-order valence-corrected chi connectivity index (χ4v) is 4.82. The van der Waals surface area contributed by atoms with Gasteiger partial charge >= 0.3 is 0 Å². The molecule has 2 aromatic carbocycles. The molecule has 0 aromatic heterocycles. The normalized spacial score (nSPS) is 19.8. The highest BCUT2D eigenvalue weighted by molar-refractivity contribution is 7.89. The molecule has 8 heteroatoms. The van der Waals surface area contributed by atoms with Gasteiger partial charge in [0.2, 0.25) is 10.0 Å². The largest absolute Gasteiger partial charge is 0.399 e. The van der Waals surface area contributed by atoms with E-state index >= 15 is 0 Å². The lowest BCUT2D eigenvalue weighted by molar-refractivity contribution is -0.133. The number of carbonyl (C=O) groups excluding carboxylic acids is 1. The van der Waals surface area contributed by atoms with E-state index in [0.717, 1.165) is 16.7 Å². The van der Waals surface area contributed by atoms with Crippen LogP contribution in [0.5, 0.6) is 0 Å². The minimum atomic E-state index is -3.55. The second-order valence-corrected chi connectivity index (χ2v) is 8.36. The standard InChI is InChI=1S/C18H21N3O4S/c19-16-9-7-15(8-10-16)14-5-3-13(4-6-14)12-21-17(18(22)20-23)2-1-11-26(21,24)25/h3-10,17,23H,1-2,11-12,19H2,(H,20,22)/t17-/m1/s1. The van der Waals surface area contributed by atoms with Gasteiger partial charge in [-0.2, -0.15) is 4.31 Å². The van der Waals surface area contributed by atoms with Crippen LogP contribution in [0.1, 0.15) is 18.4 Å². The maximum atomic E-state index is 12.4. The molecule has 26 heavy (non-hydrogen) atoms. The zero-order valence-corrected chi connectivity index (χ0v) is 14.9. The number of nitrogens with one attached hydrogen (secondary N) is 1. The highest BCUT2D eigenvalue weighted by Crippen LogP contribution is 2.25. The van der Waals surface area contributed by atoms with E-state index in [4.69, 9.17) is 10.9 Å². The van der Waals surface area contributed by atoms with E-state index < -0.39 is 22.0 Å². The van der Waals surface area contributed by atoms with Gasteiger partial charge in [0.05, 0.1) is 5.75 Å². The Morgan fingerprint density at radius 1 is 1.12 bits per heavy atom. The number of hydrogen-bond donors (Lipinski definition) is 3. The molecule has 2 aromatic rings. The number of amides is 1. The lowest BCUT2D eigenvalue weighted by Gasteiger charge is -2.33. The number of carbonyl (C=O) groups is 1. The highest BCUT2D eigenvalue weighted by atomic mass is 32.2. The number of sulfonamides is 1. The average molecular weight is 375 g/mol. The second-order valence-electron chi connectivity index (χ2n) is 6.31. The Labute approximate surface area is 152 Å². The molecule has 1 fully saturated rings. The van der Waals surface area contributed by atoms with Gasteiger partial charge < -0.3 is 5.73 Å². The molecule has 0 spiro atoms. The Balaban J connectivity index is 1.82. The van der Waals surface area contributed by atoms with Crippen LogP contribution in [-0.2, 0) is 21.4 Å². The summed E-state index contributed by atoms with van der Waals surface area (Å²) in [5, 5.41) is 8.89. The molecule has 0 unspecified atom stereocenters. The third-order valence-electron chi connectivity index (χ3n) is 4.53. The molecule has 1 saturated heterocycles. The lowest BCUT2D eigenvalue weighted by Crippen LogP contribution is -2.51. The summed E-state index contributed by atoms with van der Waals surface area (Å²) in [6.45, 7) is 0.0858. The predicted octanol–water partition coefficient (Wildman–Crippen LogP) is 1.74. The first-order chi connectivity index (χ1) is 12.4. The molecule has 1 heterocycles. The van der Waals surface area contributed by atoms with E-state index in [0.29, 0.717) is 18.5 Å². The molecular weight excluding hydrogens is 354 g/mol. The summed E-state index contributed by atoms with van der Waals surface area (Å²) in [5.74, 6) is -0.696. The third-order valence-corrected chi connectivity index (χ3v) is 6.44. The van der Waals surface area contributed by atoms with Gasteiger partial charge in [-0.1, -0.05) is 36.4 Å². The fraction of sp³-hybridized carbons (Fsp3) is 0.278. The number of nitrogens with two attached hydrogens (primary N) is 1. The highest BCUT2D eigenvalue weighted by Gasteiger charge is 2.38. The molecule has 4 N–H and O–H groups in total. The minimum absolute atomic E-state index is 0.00568. The van der Waals surface area contributed by atoms with Crippen LogP contribution in [0.2, 0.25) is 0 Å². The van der Waals surface area contributed by atoms with Crippen molar-refractivity contribution < 1.29 is 18.4 Å². The third kappa shape index (κ3) is 3.87. The number of benzene rings is 2. The molecule has 3 rings (SSSR count). The summed E-state index contributed by atoms with van der Waals surface area (Å²) in [7, 11) is -3.55. The first-order valence-electron chi connectivity index (χ1n) is 8.29. The lowest BCUT2D eigenvalue weighted by atomic mass is 10.0. The van der Waals surface area contributed by atoms with Crippen LogP contribution >= 0.6 is 0 Å². The molecule has 0 bridgehead atoms. The smallest absolute Gasteiger partial charge is 0.261 e. The SMILES string of the molecule is Nc1ccc(-c2ccc(CN3[C@@H](C(=O)NO)CCCS3(=O)=O)cc2)cc1. The second kappa shape index (κ2) is 7.45. The van der Waals surface area contributed by atoms with Crippen molar-refractivity contribution in [3.05, 3.63) is 54.1 Å². The molecule has 1 aliphatic heterocycles. The van der Waals surface area contributed by atoms with Crippen LogP contribution in [0.4, 0.5) is 5.69 Å². The van der Waals surface area contributed by atoms with Crippen LogP contribution in [0.25, 0.3) is 11.1 Å². The van der Waals surface area contributed by atoms with Crippen molar-refractivity contribution in [1.82, 2.24) is 9.79 Å². The number of nitrogens with zero attached hydrogens (tertiary/aromatic N) is 1. The van der Waals surface area contributed by atoms with E-state index in [2.05, 4.69) is 0 Å². The maximum Gasteiger partial charge on any atom is 0.261 e. The van der Waals surface area contributed by atoms with Gasteiger partial charge in [-0.05, 0) is 41.7 Å². The van der Waals surface area contributed by atoms with E-state index in [1.807, 2.05) is 48.5 Å². The van der Waals surface area contributed by atoms with Crippen molar-refractivity contribution in [3.63, 3.8) is 0 Å². The minimum Gasteiger partial charge on any atom is -0.399 e. The van der Waals surface area contributed by atoms with E-state index in [-0.39, 0.29) is 12.3 Å². The van der Waals surface area contributed by atoms with E-state index in [1.165, 1.54) is 4.31 Å². The number of hydrogen-bond acceptors (Lipinski definition) is 5. The van der Waals surface area contributed by atoms with Gasteiger partial charge in [-0.15, -0.1) is 0 Å². The van der Waals surface area contributed by atoms with Gasteiger partial charge in [0.15, 0.2) is 0 Å². The summed E-state index contributed by atoms with van der Waals surface area (Å²) in [5.41, 5.74) is 10.7. The summed E-state index contributed by atoms with van der Waals surface area (Å²) in [6, 6.07) is 14.1. The Bertz CT molecular complexity index is 880. The van der Waals surface area contributed by atoms with Gasteiger partial charge in [-0.3, -0.25) is 10.0 Å². The Morgan fingerprint density at radius 3 is 2.27 bits per heavy atom. The molecule has 7 nitrogen and oxygen atoms in total. The zero-order chi connectivity index (χ0) is 18.7.